The van der Waals surface area contributed by atoms with Crippen molar-refractivity contribution in [1.82, 2.24) is 10.6 Å². The largest absolute Gasteiger partial charge is 0.481 e. The Hall–Kier alpha value is -1.26. The fraction of sp³-hybridized carbons (Fsp3) is 0.867. The monoisotopic (exact) mass is 282 g/mol. The van der Waals surface area contributed by atoms with E-state index in [2.05, 4.69) is 17.6 Å². The Bertz CT molecular complexity index is 366. The summed E-state index contributed by atoms with van der Waals surface area (Å²) in [6.45, 7) is 2.44. The lowest BCUT2D eigenvalue weighted by molar-refractivity contribution is -0.153. The number of nitrogens with one attached hydrogen (secondary N) is 2. The van der Waals surface area contributed by atoms with E-state index in [0.29, 0.717) is 18.8 Å². The predicted octanol–water partition coefficient (Wildman–Crippen LogP) is 2.51. The van der Waals surface area contributed by atoms with Gasteiger partial charge in [-0.1, -0.05) is 32.6 Å². The number of rotatable bonds is 5. The highest BCUT2D eigenvalue weighted by Crippen LogP contribution is 2.40. The van der Waals surface area contributed by atoms with Gasteiger partial charge < -0.3 is 15.7 Å². The van der Waals surface area contributed by atoms with Gasteiger partial charge in [0.15, 0.2) is 0 Å². The maximum Gasteiger partial charge on any atom is 0.315 e. The van der Waals surface area contributed by atoms with Gasteiger partial charge in [-0.25, -0.2) is 4.79 Å². The highest BCUT2D eigenvalue weighted by Gasteiger charge is 2.44. The van der Waals surface area contributed by atoms with Crippen molar-refractivity contribution < 1.29 is 14.7 Å². The van der Waals surface area contributed by atoms with Crippen LogP contribution in [0.3, 0.4) is 0 Å². The van der Waals surface area contributed by atoms with Crippen LogP contribution in [0.1, 0.15) is 58.3 Å². The number of hydrogen-bond donors (Lipinski definition) is 3. The van der Waals surface area contributed by atoms with Crippen molar-refractivity contribution in [1.29, 1.82) is 0 Å². The molecule has 0 aromatic rings. The lowest BCUT2D eigenvalue weighted by atomic mass is 9.69. The number of aliphatic carboxylic acids is 1. The van der Waals surface area contributed by atoms with Crippen LogP contribution < -0.4 is 10.6 Å². The van der Waals surface area contributed by atoms with Gasteiger partial charge in [0.1, 0.15) is 0 Å². The molecule has 2 aliphatic carbocycles. The van der Waals surface area contributed by atoms with E-state index in [1.165, 1.54) is 19.3 Å². The first-order valence-electron chi connectivity index (χ1n) is 7.83. The lowest BCUT2D eigenvalue weighted by Gasteiger charge is -2.37. The summed E-state index contributed by atoms with van der Waals surface area (Å²) in [6.07, 6.45) is 7.97. The number of hydrogen-bond acceptors (Lipinski definition) is 2. The molecule has 0 heterocycles. The molecule has 2 aliphatic rings. The zero-order valence-electron chi connectivity index (χ0n) is 12.3. The van der Waals surface area contributed by atoms with Gasteiger partial charge in [-0.3, -0.25) is 4.79 Å². The fourth-order valence-corrected chi connectivity index (χ4v) is 3.35. The van der Waals surface area contributed by atoms with Gasteiger partial charge in [-0.2, -0.15) is 0 Å². The third kappa shape index (κ3) is 3.44. The fourth-order valence-electron chi connectivity index (χ4n) is 3.35. The van der Waals surface area contributed by atoms with E-state index in [9.17, 15) is 14.7 Å². The molecule has 0 bridgehead atoms. The Labute approximate surface area is 120 Å². The van der Waals surface area contributed by atoms with Crippen LogP contribution in [-0.2, 0) is 4.79 Å². The first kappa shape index (κ1) is 15.1. The van der Waals surface area contributed by atoms with Crippen molar-refractivity contribution in [3.8, 4) is 0 Å². The third-order valence-electron chi connectivity index (χ3n) is 5.05. The summed E-state index contributed by atoms with van der Waals surface area (Å²) in [6, 6.07) is 0.0372. The first-order valence-corrected chi connectivity index (χ1v) is 7.83. The number of amides is 2. The summed E-state index contributed by atoms with van der Waals surface area (Å²) in [7, 11) is 0. The molecule has 3 N–H and O–H groups in total. The summed E-state index contributed by atoms with van der Waals surface area (Å²) < 4.78 is 0. The highest BCUT2D eigenvalue weighted by molar-refractivity contribution is 5.79. The Balaban J connectivity index is 1.74. The van der Waals surface area contributed by atoms with E-state index in [-0.39, 0.29) is 18.6 Å². The second-order valence-corrected chi connectivity index (χ2v) is 6.40. The molecule has 0 aromatic carbocycles. The topological polar surface area (TPSA) is 78.4 Å². The molecule has 2 saturated carbocycles. The Morgan fingerprint density at radius 1 is 1.25 bits per heavy atom. The van der Waals surface area contributed by atoms with E-state index in [1.54, 1.807) is 0 Å². The summed E-state index contributed by atoms with van der Waals surface area (Å²) in [5.41, 5.74) is -0.712. The maximum absolute atomic E-state index is 11.9. The van der Waals surface area contributed by atoms with E-state index in [4.69, 9.17) is 0 Å². The minimum atomic E-state index is -0.784. The zero-order chi connectivity index (χ0) is 14.6. The van der Waals surface area contributed by atoms with Crippen molar-refractivity contribution in [2.24, 2.45) is 11.3 Å². The molecule has 0 aliphatic heterocycles. The van der Waals surface area contributed by atoms with Crippen molar-refractivity contribution >= 4 is 12.0 Å². The van der Waals surface area contributed by atoms with Crippen molar-refractivity contribution in [2.45, 2.75) is 64.3 Å². The molecule has 2 rings (SSSR count). The summed E-state index contributed by atoms with van der Waals surface area (Å²) >= 11 is 0. The van der Waals surface area contributed by atoms with Gasteiger partial charge in [-0.05, 0) is 31.6 Å². The van der Waals surface area contributed by atoms with E-state index < -0.39 is 11.4 Å². The molecule has 114 valence electrons. The van der Waals surface area contributed by atoms with Gasteiger partial charge in [0.2, 0.25) is 0 Å². The average molecular weight is 282 g/mol. The van der Waals surface area contributed by atoms with Crippen LogP contribution in [-0.4, -0.2) is 29.7 Å². The summed E-state index contributed by atoms with van der Waals surface area (Å²) in [5, 5.41) is 15.0. The minimum Gasteiger partial charge on any atom is -0.481 e. The molecule has 5 nitrogen and oxygen atoms in total. The van der Waals surface area contributed by atoms with Crippen LogP contribution in [0.25, 0.3) is 0 Å². The van der Waals surface area contributed by atoms with Gasteiger partial charge in [0, 0.05) is 12.6 Å². The second-order valence-electron chi connectivity index (χ2n) is 6.40. The first-order chi connectivity index (χ1) is 9.55. The second kappa shape index (κ2) is 6.46. The molecule has 20 heavy (non-hydrogen) atoms. The SMILES string of the molecule is CCC1CCCC(NC(=O)NCC2(C(=O)O)CCC2)C1. The molecule has 0 aromatic heterocycles. The van der Waals surface area contributed by atoms with Crippen LogP contribution in [0.4, 0.5) is 4.79 Å². The molecular weight excluding hydrogens is 256 g/mol. The number of carbonyl (C=O) groups excluding carboxylic acids is 1. The number of carboxylic acid groups (broad SMARTS) is 1. The molecular formula is C15H26N2O3. The molecule has 0 radical (unpaired) electrons. The third-order valence-corrected chi connectivity index (χ3v) is 5.05. The van der Waals surface area contributed by atoms with Crippen molar-refractivity contribution in [3.05, 3.63) is 0 Å². The smallest absolute Gasteiger partial charge is 0.315 e. The van der Waals surface area contributed by atoms with Gasteiger partial charge in [0.25, 0.3) is 0 Å². The Morgan fingerprint density at radius 2 is 2.00 bits per heavy atom. The van der Waals surface area contributed by atoms with E-state index >= 15 is 0 Å². The standard InChI is InChI=1S/C15H26N2O3/c1-2-11-5-3-6-12(9-11)17-14(20)16-10-15(13(18)19)7-4-8-15/h11-12H,2-10H2,1H3,(H,18,19)(H2,16,17,20). The van der Waals surface area contributed by atoms with E-state index in [1.807, 2.05) is 0 Å². The Morgan fingerprint density at radius 3 is 2.55 bits per heavy atom. The quantitative estimate of drug-likeness (QED) is 0.725. The maximum atomic E-state index is 11.9. The number of carbonyl (C=O) groups is 2. The lowest BCUT2D eigenvalue weighted by Crippen LogP contribution is -2.51. The van der Waals surface area contributed by atoms with Gasteiger partial charge >= 0.3 is 12.0 Å². The van der Waals surface area contributed by atoms with Crippen LogP contribution >= 0.6 is 0 Å². The molecule has 0 spiro atoms. The summed E-state index contributed by atoms with van der Waals surface area (Å²) in [4.78, 5) is 23.1. The van der Waals surface area contributed by atoms with Gasteiger partial charge in [0.05, 0.1) is 5.41 Å². The van der Waals surface area contributed by atoms with Crippen LogP contribution in [0.5, 0.6) is 0 Å². The molecule has 2 fully saturated rings. The minimum absolute atomic E-state index is 0.209. The number of carboxylic acids is 1. The van der Waals surface area contributed by atoms with Crippen LogP contribution in [0.15, 0.2) is 0 Å². The van der Waals surface area contributed by atoms with Crippen molar-refractivity contribution in [3.63, 3.8) is 0 Å². The summed E-state index contributed by atoms with van der Waals surface area (Å²) in [5.74, 6) is -0.0705. The van der Waals surface area contributed by atoms with Crippen LogP contribution in [0, 0.1) is 11.3 Å². The molecule has 5 heteroatoms. The van der Waals surface area contributed by atoms with E-state index in [0.717, 1.165) is 19.3 Å². The molecule has 2 atom stereocenters. The molecule has 0 saturated heterocycles. The van der Waals surface area contributed by atoms with Gasteiger partial charge in [-0.15, -0.1) is 0 Å². The normalized spacial score (nSPS) is 28.2. The molecule has 2 unspecified atom stereocenters. The van der Waals surface area contributed by atoms with Crippen molar-refractivity contribution in [2.75, 3.05) is 6.54 Å². The predicted molar refractivity (Wildman–Crippen MR) is 76.5 cm³/mol. The number of urea groups is 1. The zero-order valence-corrected chi connectivity index (χ0v) is 12.3. The van der Waals surface area contributed by atoms with Crippen LogP contribution in [0.2, 0.25) is 0 Å². The highest BCUT2D eigenvalue weighted by atomic mass is 16.4. The average Bonchev–Trinajstić information content (AvgIpc) is 2.37. The Kier molecular flexibility index (Phi) is 4.89. The molecule has 2 amide bonds.